The van der Waals surface area contributed by atoms with Crippen molar-refractivity contribution in [3.05, 3.63) is 6.33 Å². The average Bonchev–Trinajstić information content (AvgIpc) is 3.23. The van der Waals surface area contributed by atoms with Crippen LogP contribution < -0.4 is 15.4 Å². The summed E-state index contributed by atoms with van der Waals surface area (Å²) >= 11 is 0. The summed E-state index contributed by atoms with van der Waals surface area (Å²) in [6.07, 6.45) is 6.10. The highest BCUT2D eigenvalue weighted by molar-refractivity contribution is 5.68. The molecule has 0 amide bonds. The van der Waals surface area contributed by atoms with E-state index in [2.05, 4.69) is 35.6 Å². The van der Waals surface area contributed by atoms with Crippen LogP contribution in [0.15, 0.2) is 6.33 Å². The van der Waals surface area contributed by atoms with E-state index >= 15 is 0 Å². The maximum absolute atomic E-state index is 6.21. The van der Waals surface area contributed by atoms with Crippen molar-refractivity contribution in [3.63, 3.8) is 0 Å². The second-order valence-corrected chi connectivity index (χ2v) is 5.87. The molecule has 2 N–H and O–H groups in total. The Morgan fingerprint density at radius 3 is 2.75 bits per heavy atom. The molecule has 0 radical (unpaired) electrons. The molecule has 1 saturated carbocycles. The number of nitrogens with two attached hydrogens (primary N) is 1. The number of hydrogen-bond donors (Lipinski definition) is 1. The summed E-state index contributed by atoms with van der Waals surface area (Å²) in [6, 6.07) is 0.588. The van der Waals surface area contributed by atoms with Crippen molar-refractivity contribution in [2.45, 2.75) is 52.5 Å². The van der Waals surface area contributed by atoms with Gasteiger partial charge in [-0.1, -0.05) is 20.8 Å². The van der Waals surface area contributed by atoms with E-state index in [1.165, 1.54) is 12.8 Å². The molecule has 112 valence electrons. The van der Waals surface area contributed by atoms with Crippen molar-refractivity contribution in [2.24, 2.45) is 5.92 Å². The van der Waals surface area contributed by atoms with E-state index in [-0.39, 0.29) is 0 Å². The molecule has 0 saturated heterocycles. The Hall–Kier alpha value is -1.52. The second-order valence-electron chi connectivity index (χ2n) is 5.87. The molecular weight excluding hydrogens is 252 g/mol. The smallest absolute Gasteiger partial charge is 0.242 e. The molecule has 0 spiro atoms. The monoisotopic (exact) mass is 278 g/mol. The number of nitrogen functional groups attached to an aromatic ring is 1. The number of ether oxygens (including phenoxy) is 1. The highest BCUT2D eigenvalue weighted by atomic mass is 16.5. The van der Waals surface area contributed by atoms with Crippen molar-refractivity contribution in [1.29, 1.82) is 0 Å². The van der Waals surface area contributed by atoms with Gasteiger partial charge in [0.2, 0.25) is 5.88 Å². The Kier molecular flexibility index (Phi) is 5.04. The lowest BCUT2D eigenvalue weighted by molar-refractivity contribution is 0.306. The zero-order valence-corrected chi connectivity index (χ0v) is 12.8. The fourth-order valence-electron chi connectivity index (χ4n) is 2.16. The molecule has 2 rings (SSSR count). The molecule has 5 heteroatoms. The average molecular weight is 278 g/mol. The predicted molar refractivity (Wildman–Crippen MR) is 82.1 cm³/mol. The summed E-state index contributed by atoms with van der Waals surface area (Å²) in [5, 5.41) is 0. The van der Waals surface area contributed by atoms with Crippen molar-refractivity contribution < 1.29 is 4.74 Å². The van der Waals surface area contributed by atoms with Crippen LogP contribution in [0.5, 0.6) is 5.88 Å². The lowest BCUT2D eigenvalue weighted by atomic mass is 10.1. The summed E-state index contributed by atoms with van der Waals surface area (Å²) in [5.74, 6) is 2.04. The van der Waals surface area contributed by atoms with Gasteiger partial charge in [-0.05, 0) is 31.6 Å². The van der Waals surface area contributed by atoms with Crippen LogP contribution in [0.2, 0.25) is 0 Å². The Morgan fingerprint density at radius 2 is 2.15 bits per heavy atom. The fraction of sp³-hybridized carbons (Fsp3) is 0.733. The zero-order valence-electron chi connectivity index (χ0n) is 12.8. The molecule has 1 aromatic rings. The largest absolute Gasteiger partial charge is 0.476 e. The topological polar surface area (TPSA) is 64.3 Å². The van der Waals surface area contributed by atoms with Gasteiger partial charge < -0.3 is 15.4 Å². The third-order valence-corrected chi connectivity index (χ3v) is 3.48. The van der Waals surface area contributed by atoms with E-state index in [1.54, 1.807) is 6.33 Å². The maximum atomic E-state index is 6.21. The van der Waals surface area contributed by atoms with Crippen LogP contribution in [0.1, 0.15) is 46.5 Å². The van der Waals surface area contributed by atoms with Gasteiger partial charge in [-0.15, -0.1) is 0 Å². The van der Waals surface area contributed by atoms with Gasteiger partial charge in [0.15, 0.2) is 5.82 Å². The first-order valence-electron chi connectivity index (χ1n) is 7.63. The second kappa shape index (κ2) is 6.77. The SMILES string of the molecule is CCCOc1ncnc(N(CCC(C)C)C2CC2)c1N. The van der Waals surface area contributed by atoms with Gasteiger partial charge in [0, 0.05) is 12.6 Å². The zero-order chi connectivity index (χ0) is 14.5. The molecule has 20 heavy (non-hydrogen) atoms. The summed E-state index contributed by atoms with van der Waals surface area (Å²) in [4.78, 5) is 10.9. The molecule has 5 nitrogen and oxygen atoms in total. The predicted octanol–water partition coefficient (Wildman–Crippen LogP) is 2.86. The van der Waals surface area contributed by atoms with E-state index in [0.29, 0.717) is 30.1 Å². The Morgan fingerprint density at radius 1 is 1.40 bits per heavy atom. The van der Waals surface area contributed by atoms with Crippen LogP contribution >= 0.6 is 0 Å². The molecule has 0 unspecified atom stereocenters. The van der Waals surface area contributed by atoms with Gasteiger partial charge >= 0.3 is 0 Å². The first-order chi connectivity index (χ1) is 9.63. The molecule has 0 atom stereocenters. The molecule has 1 heterocycles. The Balaban J connectivity index is 2.15. The third-order valence-electron chi connectivity index (χ3n) is 3.48. The minimum Gasteiger partial charge on any atom is -0.476 e. The van der Waals surface area contributed by atoms with Gasteiger partial charge in [-0.25, -0.2) is 4.98 Å². The van der Waals surface area contributed by atoms with Crippen LogP contribution in [-0.4, -0.2) is 29.2 Å². The molecule has 0 aliphatic heterocycles. The number of aromatic nitrogens is 2. The van der Waals surface area contributed by atoms with Crippen molar-refractivity contribution in [3.8, 4) is 5.88 Å². The minimum absolute atomic E-state index is 0.520. The summed E-state index contributed by atoms with van der Waals surface area (Å²) in [7, 11) is 0. The normalized spacial score (nSPS) is 14.6. The molecule has 1 fully saturated rings. The van der Waals surface area contributed by atoms with Crippen molar-refractivity contribution >= 4 is 11.5 Å². The van der Waals surface area contributed by atoms with Gasteiger partial charge in [-0.3, -0.25) is 0 Å². The molecule has 1 aliphatic carbocycles. The Labute approximate surface area is 121 Å². The van der Waals surface area contributed by atoms with E-state index in [1.807, 2.05) is 0 Å². The van der Waals surface area contributed by atoms with Crippen molar-refractivity contribution in [2.75, 3.05) is 23.8 Å². The third kappa shape index (κ3) is 3.74. The highest BCUT2D eigenvalue weighted by Crippen LogP contribution is 2.36. The fourth-order valence-corrected chi connectivity index (χ4v) is 2.16. The highest BCUT2D eigenvalue weighted by Gasteiger charge is 2.31. The van der Waals surface area contributed by atoms with Gasteiger partial charge in [0.25, 0.3) is 0 Å². The van der Waals surface area contributed by atoms with E-state index < -0.39 is 0 Å². The molecular formula is C15H26N4O. The number of anilines is 2. The number of rotatable bonds is 8. The first kappa shape index (κ1) is 14.9. The number of hydrogen-bond acceptors (Lipinski definition) is 5. The van der Waals surface area contributed by atoms with Crippen LogP contribution in [-0.2, 0) is 0 Å². The van der Waals surface area contributed by atoms with Gasteiger partial charge in [-0.2, -0.15) is 4.98 Å². The molecule has 1 aromatic heterocycles. The lowest BCUT2D eigenvalue weighted by Crippen LogP contribution is -2.29. The summed E-state index contributed by atoms with van der Waals surface area (Å²) in [5.41, 5.74) is 6.79. The summed E-state index contributed by atoms with van der Waals surface area (Å²) in [6.45, 7) is 8.18. The van der Waals surface area contributed by atoms with E-state index in [0.717, 1.165) is 25.2 Å². The van der Waals surface area contributed by atoms with Gasteiger partial charge in [0.1, 0.15) is 12.0 Å². The van der Waals surface area contributed by atoms with Crippen LogP contribution in [0, 0.1) is 5.92 Å². The number of nitrogens with zero attached hydrogens (tertiary/aromatic N) is 3. The van der Waals surface area contributed by atoms with Gasteiger partial charge in [0.05, 0.1) is 6.61 Å². The standard InChI is InChI=1S/C15H26N4O/c1-4-9-20-15-13(16)14(17-10-18-15)19(12-5-6-12)8-7-11(2)3/h10-12H,4-9,16H2,1-3H3. The Bertz CT molecular complexity index is 432. The lowest BCUT2D eigenvalue weighted by Gasteiger charge is -2.26. The van der Waals surface area contributed by atoms with Crippen LogP contribution in [0.25, 0.3) is 0 Å². The quantitative estimate of drug-likeness (QED) is 0.792. The molecule has 0 aromatic carbocycles. The van der Waals surface area contributed by atoms with Crippen molar-refractivity contribution in [1.82, 2.24) is 9.97 Å². The van der Waals surface area contributed by atoms with E-state index in [4.69, 9.17) is 10.5 Å². The minimum atomic E-state index is 0.520. The van der Waals surface area contributed by atoms with E-state index in [9.17, 15) is 0 Å². The summed E-state index contributed by atoms with van der Waals surface area (Å²) < 4.78 is 5.60. The molecule has 1 aliphatic rings. The van der Waals surface area contributed by atoms with Crippen LogP contribution in [0.4, 0.5) is 11.5 Å². The van der Waals surface area contributed by atoms with Crippen LogP contribution in [0.3, 0.4) is 0 Å². The maximum Gasteiger partial charge on any atom is 0.242 e. The first-order valence-corrected chi connectivity index (χ1v) is 7.63. The molecule has 0 bridgehead atoms.